The summed E-state index contributed by atoms with van der Waals surface area (Å²) in [5.41, 5.74) is 4.42. The topological polar surface area (TPSA) is 50.7 Å². The molecule has 0 unspecified atom stereocenters. The highest BCUT2D eigenvalue weighted by atomic mass is 16.5. The molecule has 1 N–H and O–H groups in total. The van der Waals surface area contributed by atoms with Gasteiger partial charge in [-0.3, -0.25) is 4.79 Å². The molecule has 0 fully saturated rings. The van der Waals surface area contributed by atoms with E-state index in [0.29, 0.717) is 6.42 Å². The Labute approximate surface area is 143 Å². The van der Waals surface area contributed by atoms with E-state index in [1.165, 1.54) is 12.8 Å². The predicted octanol–water partition coefficient (Wildman–Crippen LogP) is 3.95. The molecule has 2 aromatic carbocycles. The van der Waals surface area contributed by atoms with Crippen molar-refractivity contribution in [2.24, 2.45) is 5.10 Å². The second kappa shape index (κ2) is 10.2. The smallest absolute Gasteiger partial charge is 0.244 e. The van der Waals surface area contributed by atoms with Gasteiger partial charge >= 0.3 is 0 Å². The lowest BCUT2D eigenvalue weighted by molar-refractivity contribution is -0.120. The monoisotopic (exact) mass is 324 g/mol. The maximum atomic E-state index is 11.8. The molecule has 0 saturated heterocycles. The number of amides is 1. The molecule has 0 saturated carbocycles. The van der Waals surface area contributed by atoms with Crippen molar-refractivity contribution >= 4 is 12.1 Å². The van der Waals surface area contributed by atoms with Gasteiger partial charge in [0.1, 0.15) is 5.75 Å². The Kier molecular flexibility index (Phi) is 7.54. The van der Waals surface area contributed by atoms with Crippen LogP contribution in [0.5, 0.6) is 5.75 Å². The van der Waals surface area contributed by atoms with Crippen LogP contribution in [0.4, 0.5) is 0 Å². The summed E-state index contributed by atoms with van der Waals surface area (Å²) in [5.74, 6) is 0.727. The fourth-order valence-corrected chi connectivity index (χ4v) is 2.19. The second-order valence-electron chi connectivity index (χ2n) is 5.58. The summed E-state index contributed by atoms with van der Waals surface area (Å²) in [7, 11) is 0. The fraction of sp³-hybridized carbons (Fsp3) is 0.300. The Balaban J connectivity index is 1.74. The van der Waals surface area contributed by atoms with Gasteiger partial charge in [-0.15, -0.1) is 0 Å². The van der Waals surface area contributed by atoms with Gasteiger partial charge in [-0.2, -0.15) is 5.10 Å². The average Bonchev–Trinajstić information content (AvgIpc) is 2.61. The number of hydrogen-bond donors (Lipinski definition) is 1. The highest BCUT2D eigenvalue weighted by Crippen LogP contribution is 2.11. The number of carbonyl (C=O) groups excluding carboxylic acids is 1. The van der Waals surface area contributed by atoms with Crippen molar-refractivity contribution in [1.82, 2.24) is 5.43 Å². The van der Waals surface area contributed by atoms with Crippen LogP contribution in [0.15, 0.2) is 59.7 Å². The van der Waals surface area contributed by atoms with Crippen molar-refractivity contribution in [2.45, 2.75) is 32.6 Å². The number of hydrogen-bond acceptors (Lipinski definition) is 3. The molecule has 0 bridgehead atoms. The zero-order chi connectivity index (χ0) is 17.0. The first-order valence-electron chi connectivity index (χ1n) is 8.36. The third-order valence-electron chi connectivity index (χ3n) is 3.51. The lowest BCUT2D eigenvalue weighted by Crippen LogP contribution is -2.19. The molecule has 1 amide bonds. The Morgan fingerprint density at radius 3 is 2.54 bits per heavy atom. The molecule has 0 aliphatic heterocycles. The van der Waals surface area contributed by atoms with Crippen LogP contribution in [0.3, 0.4) is 0 Å². The van der Waals surface area contributed by atoms with Crippen LogP contribution in [0.25, 0.3) is 0 Å². The molecule has 2 rings (SSSR count). The van der Waals surface area contributed by atoms with Crippen molar-refractivity contribution < 1.29 is 9.53 Å². The SMILES string of the molecule is CCCCCOc1ccc(/C=N\NC(=O)Cc2ccccc2)cc1. The van der Waals surface area contributed by atoms with E-state index in [2.05, 4.69) is 17.5 Å². The Hall–Kier alpha value is -2.62. The van der Waals surface area contributed by atoms with Gasteiger partial charge in [-0.1, -0.05) is 50.1 Å². The number of benzene rings is 2. The van der Waals surface area contributed by atoms with Crippen LogP contribution in [-0.4, -0.2) is 18.7 Å². The van der Waals surface area contributed by atoms with Crippen molar-refractivity contribution in [3.63, 3.8) is 0 Å². The number of ether oxygens (including phenoxy) is 1. The average molecular weight is 324 g/mol. The number of hydrazone groups is 1. The minimum atomic E-state index is -0.131. The Bertz CT molecular complexity index is 636. The number of nitrogens with zero attached hydrogens (tertiary/aromatic N) is 1. The van der Waals surface area contributed by atoms with E-state index in [4.69, 9.17) is 4.74 Å². The van der Waals surface area contributed by atoms with E-state index in [1.54, 1.807) is 6.21 Å². The minimum Gasteiger partial charge on any atom is -0.494 e. The van der Waals surface area contributed by atoms with Crippen molar-refractivity contribution in [3.05, 3.63) is 65.7 Å². The third-order valence-corrected chi connectivity index (χ3v) is 3.51. The van der Waals surface area contributed by atoms with Gasteiger partial charge in [-0.05, 0) is 41.8 Å². The first-order chi connectivity index (χ1) is 11.8. The summed E-state index contributed by atoms with van der Waals surface area (Å²) in [6.07, 6.45) is 5.40. The maximum Gasteiger partial charge on any atom is 0.244 e. The molecular formula is C20H24N2O2. The van der Waals surface area contributed by atoms with E-state index in [1.807, 2.05) is 54.6 Å². The quantitative estimate of drug-likeness (QED) is 0.431. The number of nitrogens with one attached hydrogen (secondary N) is 1. The number of rotatable bonds is 9. The molecule has 2 aromatic rings. The number of unbranched alkanes of at least 4 members (excludes halogenated alkanes) is 2. The summed E-state index contributed by atoms with van der Waals surface area (Å²) in [5, 5.41) is 3.99. The molecule has 4 heteroatoms. The molecule has 126 valence electrons. The third kappa shape index (κ3) is 6.65. The molecular weight excluding hydrogens is 300 g/mol. The molecule has 0 spiro atoms. The standard InChI is InChI=1S/C20H24N2O2/c1-2-3-7-14-24-19-12-10-18(11-13-19)16-21-22-20(23)15-17-8-5-4-6-9-17/h4-6,8-13,16H,2-3,7,14-15H2,1H3,(H,22,23)/b21-16-. The van der Waals surface area contributed by atoms with Crippen LogP contribution >= 0.6 is 0 Å². The minimum absolute atomic E-state index is 0.131. The summed E-state index contributed by atoms with van der Waals surface area (Å²) in [4.78, 5) is 11.8. The summed E-state index contributed by atoms with van der Waals surface area (Å²) >= 11 is 0. The molecule has 0 atom stereocenters. The molecule has 0 radical (unpaired) electrons. The van der Waals surface area contributed by atoms with E-state index >= 15 is 0 Å². The van der Waals surface area contributed by atoms with E-state index < -0.39 is 0 Å². The van der Waals surface area contributed by atoms with Crippen LogP contribution < -0.4 is 10.2 Å². The first-order valence-corrected chi connectivity index (χ1v) is 8.36. The van der Waals surface area contributed by atoms with Gasteiger partial charge in [0.05, 0.1) is 19.2 Å². The van der Waals surface area contributed by atoms with Crippen molar-refractivity contribution in [3.8, 4) is 5.75 Å². The highest BCUT2D eigenvalue weighted by molar-refractivity contribution is 5.83. The second-order valence-corrected chi connectivity index (χ2v) is 5.58. The lowest BCUT2D eigenvalue weighted by Gasteiger charge is -2.05. The lowest BCUT2D eigenvalue weighted by atomic mass is 10.1. The highest BCUT2D eigenvalue weighted by Gasteiger charge is 2.00. The molecule has 0 aliphatic rings. The van der Waals surface area contributed by atoms with Crippen LogP contribution in [0.2, 0.25) is 0 Å². The van der Waals surface area contributed by atoms with Gasteiger partial charge in [-0.25, -0.2) is 5.43 Å². The van der Waals surface area contributed by atoms with Crippen molar-refractivity contribution in [1.29, 1.82) is 0 Å². The zero-order valence-corrected chi connectivity index (χ0v) is 14.1. The molecule has 4 nitrogen and oxygen atoms in total. The van der Waals surface area contributed by atoms with Gasteiger partial charge in [0, 0.05) is 0 Å². The van der Waals surface area contributed by atoms with E-state index in [9.17, 15) is 4.79 Å². The van der Waals surface area contributed by atoms with E-state index in [0.717, 1.165) is 29.9 Å². The predicted molar refractivity (Wildman–Crippen MR) is 97.3 cm³/mol. The largest absolute Gasteiger partial charge is 0.494 e. The number of carbonyl (C=O) groups is 1. The van der Waals surface area contributed by atoms with Crippen LogP contribution in [0, 0.1) is 0 Å². The molecule has 0 aromatic heterocycles. The molecule has 24 heavy (non-hydrogen) atoms. The molecule has 0 aliphatic carbocycles. The van der Waals surface area contributed by atoms with Gasteiger partial charge < -0.3 is 4.74 Å². The first kappa shape index (κ1) is 17.7. The summed E-state index contributed by atoms with van der Waals surface area (Å²) in [6, 6.07) is 17.3. The summed E-state index contributed by atoms with van der Waals surface area (Å²) < 4.78 is 5.66. The fourth-order valence-electron chi connectivity index (χ4n) is 2.19. The Morgan fingerprint density at radius 2 is 1.83 bits per heavy atom. The van der Waals surface area contributed by atoms with Crippen molar-refractivity contribution in [2.75, 3.05) is 6.61 Å². The van der Waals surface area contributed by atoms with Gasteiger partial charge in [0.2, 0.25) is 5.91 Å². The zero-order valence-electron chi connectivity index (χ0n) is 14.1. The van der Waals surface area contributed by atoms with Crippen LogP contribution in [0.1, 0.15) is 37.3 Å². The van der Waals surface area contributed by atoms with E-state index in [-0.39, 0.29) is 5.91 Å². The Morgan fingerprint density at radius 1 is 1.08 bits per heavy atom. The maximum absolute atomic E-state index is 11.8. The van der Waals surface area contributed by atoms with Crippen LogP contribution in [-0.2, 0) is 11.2 Å². The van der Waals surface area contributed by atoms with Gasteiger partial charge in [0.25, 0.3) is 0 Å². The van der Waals surface area contributed by atoms with Gasteiger partial charge in [0.15, 0.2) is 0 Å². The molecule has 0 heterocycles. The normalized spacial score (nSPS) is 10.7. The summed E-state index contributed by atoms with van der Waals surface area (Å²) in [6.45, 7) is 2.92.